The topological polar surface area (TPSA) is 27.0 Å². The fraction of sp³-hybridized carbons (Fsp3) is 0.533. The highest BCUT2D eigenvalue weighted by Crippen LogP contribution is 2.32. The summed E-state index contributed by atoms with van der Waals surface area (Å²) in [5.41, 5.74) is 1.27. The highest BCUT2D eigenvalue weighted by atomic mass is 19.1. The Bertz CT molecular complexity index is 464. The van der Waals surface area contributed by atoms with Crippen molar-refractivity contribution in [2.24, 2.45) is 5.92 Å². The first-order valence-electron chi connectivity index (χ1n) is 6.56. The van der Waals surface area contributed by atoms with Gasteiger partial charge in [-0.25, -0.2) is 4.39 Å². The maximum absolute atomic E-state index is 13.1. The second-order valence-corrected chi connectivity index (χ2v) is 5.21. The Balaban J connectivity index is 2.28. The van der Waals surface area contributed by atoms with Gasteiger partial charge in [0.05, 0.1) is 11.3 Å². The lowest BCUT2D eigenvalue weighted by atomic mass is 9.84. The van der Waals surface area contributed by atoms with Crippen LogP contribution in [0.4, 0.5) is 10.1 Å². The maximum Gasteiger partial charge on any atom is 0.124 e. The van der Waals surface area contributed by atoms with Gasteiger partial charge in [-0.05, 0) is 37.0 Å². The van der Waals surface area contributed by atoms with E-state index in [-0.39, 0.29) is 5.82 Å². The van der Waals surface area contributed by atoms with E-state index < -0.39 is 0 Å². The minimum atomic E-state index is -0.347. The highest BCUT2D eigenvalue weighted by molar-refractivity contribution is 5.59. The lowest BCUT2D eigenvalue weighted by molar-refractivity contribution is 0.321. The van der Waals surface area contributed by atoms with E-state index in [1.807, 2.05) is 7.05 Å². The molecule has 0 aliphatic heterocycles. The minimum absolute atomic E-state index is 0.347. The quantitative estimate of drug-likeness (QED) is 0.795. The Kier molecular flexibility index (Phi) is 3.86. The van der Waals surface area contributed by atoms with Crippen LogP contribution in [0.25, 0.3) is 0 Å². The van der Waals surface area contributed by atoms with Crippen molar-refractivity contribution in [2.45, 2.75) is 38.6 Å². The second kappa shape index (κ2) is 5.39. The average molecular weight is 246 g/mol. The van der Waals surface area contributed by atoms with Gasteiger partial charge in [-0.3, -0.25) is 0 Å². The van der Waals surface area contributed by atoms with Crippen LogP contribution in [-0.2, 0) is 0 Å². The summed E-state index contributed by atoms with van der Waals surface area (Å²) in [4.78, 5) is 2.15. The van der Waals surface area contributed by atoms with Gasteiger partial charge >= 0.3 is 0 Å². The van der Waals surface area contributed by atoms with Crippen LogP contribution < -0.4 is 4.90 Å². The molecule has 1 aromatic rings. The van der Waals surface area contributed by atoms with Crippen LogP contribution in [-0.4, -0.2) is 13.1 Å². The predicted octanol–water partition coefficient (Wildman–Crippen LogP) is 3.71. The molecule has 96 valence electrons. The number of nitriles is 1. The van der Waals surface area contributed by atoms with Crippen LogP contribution in [0.2, 0.25) is 0 Å². The molecule has 0 bridgehead atoms. The summed E-state index contributed by atoms with van der Waals surface area (Å²) < 4.78 is 13.1. The smallest absolute Gasteiger partial charge is 0.124 e. The van der Waals surface area contributed by atoms with Gasteiger partial charge < -0.3 is 4.90 Å². The third kappa shape index (κ3) is 2.48. The van der Waals surface area contributed by atoms with E-state index in [1.165, 1.54) is 31.4 Å². The molecule has 1 aromatic carbocycles. The molecule has 1 aliphatic carbocycles. The second-order valence-electron chi connectivity index (χ2n) is 5.21. The van der Waals surface area contributed by atoms with Gasteiger partial charge in [0.1, 0.15) is 11.9 Å². The largest absolute Gasteiger partial charge is 0.370 e. The number of benzene rings is 1. The number of anilines is 1. The zero-order valence-electron chi connectivity index (χ0n) is 11.0. The number of halogens is 1. The number of nitrogens with zero attached hydrogens (tertiary/aromatic N) is 2. The molecular formula is C15H19FN2. The molecule has 0 aromatic heterocycles. The monoisotopic (exact) mass is 246 g/mol. The van der Waals surface area contributed by atoms with Crippen molar-refractivity contribution in [1.82, 2.24) is 0 Å². The van der Waals surface area contributed by atoms with Crippen LogP contribution in [0.1, 0.15) is 38.2 Å². The van der Waals surface area contributed by atoms with Gasteiger partial charge in [-0.2, -0.15) is 5.26 Å². The van der Waals surface area contributed by atoms with Gasteiger partial charge in [0.25, 0.3) is 0 Å². The molecule has 0 amide bonds. The molecule has 0 radical (unpaired) electrons. The number of hydrogen-bond donors (Lipinski definition) is 0. The van der Waals surface area contributed by atoms with Crippen LogP contribution in [0.5, 0.6) is 0 Å². The number of rotatable bonds is 2. The summed E-state index contributed by atoms with van der Waals surface area (Å²) in [6.45, 7) is 2.26. The third-order valence-electron chi connectivity index (χ3n) is 4.02. The molecule has 1 aliphatic rings. The Morgan fingerprint density at radius 3 is 2.72 bits per heavy atom. The molecule has 18 heavy (non-hydrogen) atoms. The summed E-state index contributed by atoms with van der Waals surface area (Å²) in [6, 6.07) is 7.01. The molecule has 2 rings (SSSR count). The van der Waals surface area contributed by atoms with Crippen LogP contribution in [0, 0.1) is 23.1 Å². The predicted molar refractivity (Wildman–Crippen MR) is 70.9 cm³/mol. The average Bonchev–Trinajstić information content (AvgIpc) is 2.38. The van der Waals surface area contributed by atoms with Crippen molar-refractivity contribution in [3.05, 3.63) is 29.6 Å². The Hall–Kier alpha value is -1.56. The van der Waals surface area contributed by atoms with E-state index in [2.05, 4.69) is 17.9 Å². The van der Waals surface area contributed by atoms with Crippen molar-refractivity contribution in [1.29, 1.82) is 5.26 Å². The summed E-state index contributed by atoms with van der Waals surface area (Å²) in [5.74, 6) is 0.278. The standard InChI is InChI=1S/C15H19FN2/c1-11-5-3-4-6-14(11)18(2)15-8-7-13(16)9-12(15)10-17/h7-9,11,14H,3-6H2,1-2H3. The van der Waals surface area contributed by atoms with E-state index in [1.54, 1.807) is 6.07 Å². The molecule has 1 fully saturated rings. The van der Waals surface area contributed by atoms with E-state index >= 15 is 0 Å². The molecule has 0 N–H and O–H groups in total. The summed E-state index contributed by atoms with van der Waals surface area (Å²) >= 11 is 0. The normalized spacial score (nSPS) is 23.4. The van der Waals surface area contributed by atoms with E-state index in [0.717, 1.165) is 12.1 Å². The first-order chi connectivity index (χ1) is 8.63. The first-order valence-corrected chi connectivity index (χ1v) is 6.56. The molecule has 0 saturated heterocycles. The molecule has 2 atom stereocenters. The van der Waals surface area contributed by atoms with Gasteiger partial charge in [0.2, 0.25) is 0 Å². The third-order valence-corrected chi connectivity index (χ3v) is 4.02. The lowest BCUT2D eigenvalue weighted by Gasteiger charge is -2.38. The fourth-order valence-corrected chi connectivity index (χ4v) is 2.96. The van der Waals surface area contributed by atoms with Gasteiger partial charge in [-0.15, -0.1) is 0 Å². The summed E-state index contributed by atoms with van der Waals surface area (Å²) in [6.07, 6.45) is 4.92. The molecule has 0 heterocycles. The van der Waals surface area contributed by atoms with Crippen molar-refractivity contribution in [3.63, 3.8) is 0 Å². The molecule has 2 unspecified atom stereocenters. The van der Waals surface area contributed by atoms with Gasteiger partial charge in [0, 0.05) is 13.1 Å². The van der Waals surface area contributed by atoms with Crippen molar-refractivity contribution in [3.8, 4) is 6.07 Å². The Morgan fingerprint density at radius 2 is 2.06 bits per heavy atom. The van der Waals surface area contributed by atoms with Crippen molar-refractivity contribution < 1.29 is 4.39 Å². The zero-order valence-corrected chi connectivity index (χ0v) is 11.0. The number of hydrogen-bond acceptors (Lipinski definition) is 2. The van der Waals surface area contributed by atoms with Gasteiger partial charge in [0.15, 0.2) is 0 Å². The first kappa shape index (κ1) is 12.9. The summed E-state index contributed by atoms with van der Waals surface area (Å²) in [7, 11) is 2.01. The minimum Gasteiger partial charge on any atom is -0.370 e. The lowest BCUT2D eigenvalue weighted by Crippen LogP contribution is -2.39. The van der Waals surface area contributed by atoms with Crippen molar-refractivity contribution >= 4 is 5.69 Å². The molecule has 2 nitrogen and oxygen atoms in total. The van der Waals surface area contributed by atoms with Crippen molar-refractivity contribution in [2.75, 3.05) is 11.9 Å². The van der Waals surface area contributed by atoms with Crippen LogP contribution >= 0.6 is 0 Å². The van der Waals surface area contributed by atoms with Crippen LogP contribution in [0.15, 0.2) is 18.2 Å². The van der Waals surface area contributed by atoms with E-state index in [0.29, 0.717) is 17.5 Å². The Labute approximate surface area is 108 Å². The SMILES string of the molecule is CC1CCCCC1N(C)c1ccc(F)cc1C#N. The molecule has 1 saturated carbocycles. The Morgan fingerprint density at radius 1 is 1.33 bits per heavy atom. The summed E-state index contributed by atoms with van der Waals surface area (Å²) in [5, 5.41) is 9.11. The van der Waals surface area contributed by atoms with Gasteiger partial charge in [-0.1, -0.05) is 19.8 Å². The zero-order chi connectivity index (χ0) is 13.1. The highest BCUT2D eigenvalue weighted by Gasteiger charge is 2.26. The van der Waals surface area contributed by atoms with Crippen LogP contribution in [0.3, 0.4) is 0 Å². The molecular weight excluding hydrogens is 227 g/mol. The maximum atomic E-state index is 13.1. The molecule has 3 heteroatoms. The molecule has 0 spiro atoms. The fourth-order valence-electron chi connectivity index (χ4n) is 2.96. The van der Waals surface area contributed by atoms with E-state index in [9.17, 15) is 4.39 Å². The van der Waals surface area contributed by atoms with E-state index in [4.69, 9.17) is 5.26 Å².